The van der Waals surface area contributed by atoms with Gasteiger partial charge in [0.15, 0.2) is 6.29 Å². The minimum Gasteiger partial charge on any atom is -0.383 e. The summed E-state index contributed by atoms with van der Waals surface area (Å²) in [6.07, 6.45) is 2.77. The van der Waals surface area contributed by atoms with Gasteiger partial charge in [0.2, 0.25) is 0 Å². The van der Waals surface area contributed by atoms with Crippen molar-refractivity contribution in [3.8, 4) is 0 Å². The quantitative estimate of drug-likeness (QED) is 0.452. The van der Waals surface area contributed by atoms with Crippen LogP contribution in [0.1, 0.15) is 28.8 Å². The van der Waals surface area contributed by atoms with Gasteiger partial charge in [0.1, 0.15) is 0 Å². The first kappa shape index (κ1) is 14.6. The molecule has 1 aromatic carbocycles. The lowest BCUT2D eigenvalue weighted by Gasteiger charge is -2.23. The topological polar surface area (TPSA) is 72.7 Å². The fourth-order valence-corrected chi connectivity index (χ4v) is 2.68. The highest BCUT2D eigenvalue weighted by molar-refractivity contribution is 5.81. The lowest BCUT2D eigenvalue weighted by atomic mass is 10.1. The summed E-state index contributed by atoms with van der Waals surface area (Å²) >= 11 is 0. The van der Waals surface area contributed by atoms with Gasteiger partial charge in [0.05, 0.1) is 17.1 Å². The molecule has 0 bridgehead atoms. The molecule has 0 amide bonds. The first-order valence-electron chi connectivity index (χ1n) is 6.61. The zero-order chi connectivity index (χ0) is 14.5. The maximum Gasteiger partial charge on any atom is 0.279 e. The first-order valence-corrected chi connectivity index (χ1v) is 6.61. The number of methoxy groups -OCH3 is 1. The van der Waals surface area contributed by atoms with Crippen molar-refractivity contribution in [3.63, 3.8) is 0 Å². The Bertz CT molecular complexity index is 504. The van der Waals surface area contributed by atoms with Crippen LogP contribution in [0.25, 0.3) is 0 Å². The molecule has 0 unspecified atom stereocenters. The van der Waals surface area contributed by atoms with Gasteiger partial charge in [-0.25, -0.2) is 0 Å². The van der Waals surface area contributed by atoms with E-state index < -0.39 is 4.92 Å². The van der Waals surface area contributed by atoms with E-state index >= 15 is 0 Å². The molecule has 108 valence electrons. The highest BCUT2D eigenvalue weighted by Crippen LogP contribution is 2.23. The molecular formula is C14H18N2O4. The molecule has 1 fully saturated rings. The lowest BCUT2D eigenvalue weighted by Crippen LogP contribution is -2.32. The number of ether oxygens (including phenoxy) is 1. The van der Waals surface area contributed by atoms with E-state index in [-0.39, 0.29) is 11.3 Å². The van der Waals surface area contributed by atoms with Crippen LogP contribution in [-0.4, -0.2) is 42.4 Å². The van der Waals surface area contributed by atoms with Gasteiger partial charge in [-0.15, -0.1) is 0 Å². The second kappa shape index (κ2) is 6.58. The standard InChI is InChI=1S/C14H18N2O4/c1-20-10-13-3-2-6-15(13)8-11-4-5-14(16(18)19)12(7-11)9-17/h4-5,7,9,13H,2-3,6,8,10H2,1H3/t13-/m1/s1. The van der Waals surface area contributed by atoms with E-state index in [0.717, 1.165) is 24.9 Å². The molecule has 2 rings (SSSR count). The van der Waals surface area contributed by atoms with Crippen LogP contribution in [0.15, 0.2) is 18.2 Å². The summed E-state index contributed by atoms with van der Waals surface area (Å²) in [4.78, 5) is 23.5. The average molecular weight is 278 g/mol. The van der Waals surface area contributed by atoms with Crippen molar-refractivity contribution in [2.45, 2.75) is 25.4 Å². The minimum absolute atomic E-state index is 0.134. The number of hydrogen-bond acceptors (Lipinski definition) is 5. The molecule has 6 heteroatoms. The molecule has 6 nitrogen and oxygen atoms in total. The highest BCUT2D eigenvalue weighted by Gasteiger charge is 2.24. The lowest BCUT2D eigenvalue weighted by molar-refractivity contribution is -0.385. The summed E-state index contributed by atoms with van der Waals surface area (Å²) < 4.78 is 5.20. The average Bonchev–Trinajstić information content (AvgIpc) is 2.86. The molecule has 0 saturated carbocycles. The summed E-state index contributed by atoms with van der Waals surface area (Å²) in [6.45, 7) is 2.36. The monoisotopic (exact) mass is 278 g/mol. The number of nitro benzene ring substituents is 1. The third-order valence-electron chi connectivity index (χ3n) is 3.66. The van der Waals surface area contributed by atoms with E-state index in [9.17, 15) is 14.9 Å². The number of benzene rings is 1. The molecule has 1 aliphatic heterocycles. The fraction of sp³-hybridized carbons (Fsp3) is 0.500. The molecular weight excluding hydrogens is 260 g/mol. The van der Waals surface area contributed by atoms with Crippen molar-refractivity contribution in [3.05, 3.63) is 39.4 Å². The molecule has 0 spiro atoms. The number of carbonyl (C=O) groups excluding carboxylic acids is 1. The van der Waals surface area contributed by atoms with Crippen LogP contribution in [0.3, 0.4) is 0 Å². The van der Waals surface area contributed by atoms with Crippen molar-refractivity contribution in [2.24, 2.45) is 0 Å². The predicted octanol–water partition coefficient (Wildman–Crippen LogP) is 2.02. The largest absolute Gasteiger partial charge is 0.383 e. The Morgan fingerprint density at radius 3 is 3.00 bits per heavy atom. The predicted molar refractivity (Wildman–Crippen MR) is 73.8 cm³/mol. The van der Waals surface area contributed by atoms with Gasteiger partial charge in [0.25, 0.3) is 5.69 Å². The van der Waals surface area contributed by atoms with Crippen LogP contribution in [0.4, 0.5) is 5.69 Å². The maximum atomic E-state index is 10.9. The molecule has 20 heavy (non-hydrogen) atoms. The molecule has 0 N–H and O–H groups in total. The van der Waals surface area contributed by atoms with E-state index in [2.05, 4.69) is 4.90 Å². The Balaban J connectivity index is 2.13. The van der Waals surface area contributed by atoms with Crippen LogP contribution in [0.2, 0.25) is 0 Å². The van der Waals surface area contributed by atoms with Crippen molar-refractivity contribution < 1.29 is 14.5 Å². The van der Waals surface area contributed by atoms with Crippen LogP contribution < -0.4 is 0 Å². The molecule has 0 aliphatic carbocycles. The minimum atomic E-state index is -0.531. The maximum absolute atomic E-state index is 10.9. The summed E-state index contributed by atoms with van der Waals surface area (Å²) in [7, 11) is 1.69. The summed E-state index contributed by atoms with van der Waals surface area (Å²) in [5.74, 6) is 0. The molecule has 1 heterocycles. The van der Waals surface area contributed by atoms with E-state index in [1.165, 1.54) is 6.07 Å². The molecule has 1 atom stereocenters. The zero-order valence-corrected chi connectivity index (χ0v) is 11.4. The molecule has 1 aromatic rings. The van der Waals surface area contributed by atoms with E-state index in [1.54, 1.807) is 19.2 Å². The van der Waals surface area contributed by atoms with Crippen LogP contribution in [0.5, 0.6) is 0 Å². The van der Waals surface area contributed by atoms with Crippen LogP contribution in [-0.2, 0) is 11.3 Å². The Hall–Kier alpha value is -1.79. The van der Waals surface area contributed by atoms with Gasteiger partial charge in [-0.2, -0.15) is 0 Å². The number of aldehydes is 1. The first-order chi connectivity index (χ1) is 9.65. The third kappa shape index (κ3) is 3.20. The van der Waals surface area contributed by atoms with Gasteiger partial charge in [-0.05, 0) is 31.0 Å². The van der Waals surface area contributed by atoms with Crippen molar-refractivity contribution in [2.75, 3.05) is 20.3 Å². The van der Waals surface area contributed by atoms with Gasteiger partial charge in [-0.1, -0.05) is 6.07 Å². The molecule has 1 saturated heterocycles. The van der Waals surface area contributed by atoms with Gasteiger partial charge >= 0.3 is 0 Å². The number of hydrogen-bond donors (Lipinski definition) is 0. The van der Waals surface area contributed by atoms with Crippen molar-refractivity contribution >= 4 is 12.0 Å². The number of rotatable bonds is 6. The number of likely N-dealkylation sites (tertiary alicyclic amines) is 1. The fourth-order valence-electron chi connectivity index (χ4n) is 2.68. The van der Waals surface area contributed by atoms with Crippen molar-refractivity contribution in [1.29, 1.82) is 0 Å². The number of nitro groups is 1. The number of carbonyl (C=O) groups is 1. The second-order valence-corrected chi connectivity index (χ2v) is 4.99. The summed E-state index contributed by atoms with van der Waals surface area (Å²) in [6, 6.07) is 5.11. The number of nitrogens with zero attached hydrogens (tertiary/aromatic N) is 2. The van der Waals surface area contributed by atoms with Gasteiger partial charge < -0.3 is 4.74 Å². The Morgan fingerprint density at radius 2 is 2.35 bits per heavy atom. The van der Waals surface area contributed by atoms with Crippen LogP contribution >= 0.6 is 0 Å². The Morgan fingerprint density at radius 1 is 1.55 bits per heavy atom. The van der Waals surface area contributed by atoms with Crippen molar-refractivity contribution in [1.82, 2.24) is 4.90 Å². The Kier molecular flexibility index (Phi) is 4.81. The second-order valence-electron chi connectivity index (χ2n) is 4.99. The smallest absolute Gasteiger partial charge is 0.279 e. The Labute approximate surface area is 117 Å². The van der Waals surface area contributed by atoms with Gasteiger partial charge in [-0.3, -0.25) is 19.8 Å². The molecule has 1 aliphatic rings. The van der Waals surface area contributed by atoms with Gasteiger partial charge in [0, 0.05) is 25.8 Å². The zero-order valence-electron chi connectivity index (χ0n) is 11.4. The SMILES string of the molecule is COC[C@H]1CCCN1Cc1ccc([N+](=O)[O-])c(C=O)c1. The van der Waals surface area contributed by atoms with E-state index in [0.29, 0.717) is 25.5 Å². The third-order valence-corrected chi connectivity index (χ3v) is 3.66. The molecule has 0 radical (unpaired) electrons. The summed E-state index contributed by atoms with van der Waals surface area (Å²) in [5.41, 5.74) is 0.911. The molecule has 0 aromatic heterocycles. The normalized spacial score (nSPS) is 19.1. The summed E-state index contributed by atoms with van der Waals surface area (Å²) in [5, 5.41) is 10.8. The highest BCUT2D eigenvalue weighted by atomic mass is 16.6. The van der Waals surface area contributed by atoms with E-state index in [4.69, 9.17) is 4.74 Å². The van der Waals surface area contributed by atoms with E-state index in [1.807, 2.05) is 0 Å². The van der Waals surface area contributed by atoms with Crippen LogP contribution in [0, 0.1) is 10.1 Å².